The third kappa shape index (κ3) is 6.53. The Balaban J connectivity index is 1.50. The Labute approximate surface area is 230 Å². The first-order chi connectivity index (χ1) is 18.7. The number of aromatic nitrogens is 1. The molecule has 1 amide bonds. The second-order valence-electron chi connectivity index (χ2n) is 9.58. The molecule has 1 N–H and O–H groups in total. The summed E-state index contributed by atoms with van der Waals surface area (Å²) in [4.78, 5) is 13.0. The van der Waals surface area contributed by atoms with Gasteiger partial charge in [-0.3, -0.25) is 4.79 Å². The van der Waals surface area contributed by atoms with Gasteiger partial charge in [0.1, 0.15) is 0 Å². The van der Waals surface area contributed by atoms with Crippen LogP contribution in [0.4, 0.5) is 0 Å². The summed E-state index contributed by atoms with van der Waals surface area (Å²) < 4.78 is 30.1. The lowest BCUT2D eigenvalue weighted by Crippen LogP contribution is -2.40. The molecule has 0 bridgehead atoms. The summed E-state index contributed by atoms with van der Waals surface area (Å²) in [5, 5.41) is 4.16. The van der Waals surface area contributed by atoms with E-state index in [1.54, 1.807) is 24.4 Å². The van der Waals surface area contributed by atoms with Crippen LogP contribution in [0.5, 0.6) is 0 Å². The maximum atomic E-state index is 13.4. The monoisotopic (exact) mass is 542 g/mol. The van der Waals surface area contributed by atoms with Crippen LogP contribution in [-0.2, 0) is 21.2 Å². The van der Waals surface area contributed by atoms with Crippen molar-refractivity contribution in [3.05, 3.63) is 119 Å². The van der Waals surface area contributed by atoms with Crippen molar-refractivity contribution in [3.8, 4) is 5.69 Å². The number of nitrogens with one attached hydrogen (secondary N) is 1. The van der Waals surface area contributed by atoms with Crippen LogP contribution in [0, 0.1) is 27.7 Å². The molecule has 4 aromatic rings. The van der Waals surface area contributed by atoms with Crippen molar-refractivity contribution < 1.29 is 13.2 Å². The fraction of sp³-hybridized carbons (Fsp3) is 0.226. The van der Waals surface area contributed by atoms with E-state index in [1.807, 2.05) is 56.3 Å². The number of carbonyl (C=O) groups is 1. The molecule has 0 fully saturated rings. The number of nitrogens with zero attached hydrogens (tertiary/aromatic N) is 3. The minimum Gasteiger partial charge on any atom is -0.317 e. The topological polar surface area (TPSA) is 83.8 Å². The van der Waals surface area contributed by atoms with Crippen molar-refractivity contribution in [2.45, 2.75) is 39.0 Å². The molecule has 0 atom stereocenters. The smallest absolute Gasteiger partial charge is 0.255 e. The maximum absolute atomic E-state index is 13.4. The molecule has 0 spiro atoms. The number of amides is 1. The normalized spacial score (nSPS) is 11.8. The Morgan fingerprint density at radius 1 is 0.897 bits per heavy atom. The molecule has 0 unspecified atom stereocenters. The number of aryl methyl sites for hydroxylation is 3. The molecule has 1 aromatic heterocycles. The minimum atomic E-state index is -3.87. The SMILES string of the molecule is Cc1cccc(C)c1-n1c(C)cc(/C=N\NC(=O)CN(CCc2ccccc2)S(=O)(=O)c2ccccc2)c1C. The minimum absolute atomic E-state index is 0.147. The Hall–Kier alpha value is -4.01. The van der Waals surface area contributed by atoms with Crippen LogP contribution in [0.25, 0.3) is 5.69 Å². The summed E-state index contributed by atoms with van der Waals surface area (Å²) in [6.45, 7) is 8.04. The molecule has 4 rings (SSSR count). The van der Waals surface area contributed by atoms with Crippen molar-refractivity contribution in [2.75, 3.05) is 13.1 Å². The van der Waals surface area contributed by atoms with Gasteiger partial charge in [0, 0.05) is 23.5 Å². The lowest BCUT2D eigenvalue weighted by atomic mass is 10.1. The number of para-hydroxylation sites is 1. The lowest BCUT2D eigenvalue weighted by Gasteiger charge is -2.21. The third-order valence-electron chi connectivity index (χ3n) is 6.72. The second-order valence-corrected chi connectivity index (χ2v) is 11.5. The molecular weight excluding hydrogens is 508 g/mol. The zero-order valence-corrected chi connectivity index (χ0v) is 23.6. The molecule has 202 valence electrons. The van der Waals surface area contributed by atoms with E-state index in [9.17, 15) is 13.2 Å². The summed E-state index contributed by atoms with van der Waals surface area (Å²) in [5.41, 5.74) is 9.90. The van der Waals surface area contributed by atoms with Crippen LogP contribution in [0.2, 0.25) is 0 Å². The van der Waals surface area contributed by atoms with Crippen molar-refractivity contribution in [2.24, 2.45) is 5.10 Å². The maximum Gasteiger partial charge on any atom is 0.255 e. The highest BCUT2D eigenvalue weighted by Crippen LogP contribution is 2.25. The third-order valence-corrected chi connectivity index (χ3v) is 8.58. The average molecular weight is 543 g/mol. The van der Waals surface area contributed by atoms with Crippen LogP contribution in [0.1, 0.15) is 33.6 Å². The fourth-order valence-electron chi connectivity index (χ4n) is 4.71. The van der Waals surface area contributed by atoms with Gasteiger partial charge in [0.15, 0.2) is 0 Å². The van der Waals surface area contributed by atoms with Gasteiger partial charge < -0.3 is 4.57 Å². The van der Waals surface area contributed by atoms with Crippen molar-refractivity contribution in [1.82, 2.24) is 14.3 Å². The van der Waals surface area contributed by atoms with Gasteiger partial charge in [-0.05, 0) is 69.0 Å². The van der Waals surface area contributed by atoms with Crippen molar-refractivity contribution in [3.63, 3.8) is 0 Å². The molecule has 3 aromatic carbocycles. The summed E-state index contributed by atoms with van der Waals surface area (Å²) in [6.07, 6.45) is 2.08. The molecule has 39 heavy (non-hydrogen) atoms. The molecule has 0 saturated heterocycles. The van der Waals surface area contributed by atoms with E-state index < -0.39 is 15.9 Å². The van der Waals surface area contributed by atoms with Gasteiger partial charge in [-0.15, -0.1) is 0 Å². The van der Waals surface area contributed by atoms with E-state index in [-0.39, 0.29) is 18.0 Å². The average Bonchev–Trinajstić information content (AvgIpc) is 3.20. The quantitative estimate of drug-likeness (QED) is 0.224. The van der Waals surface area contributed by atoms with E-state index in [0.29, 0.717) is 6.42 Å². The summed E-state index contributed by atoms with van der Waals surface area (Å²) in [6, 6.07) is 26.0. The Kier molecular flexibility index (Phi) is 8.79. The van der Waals surface area contributed by atoms with E-state index in [0.717, 1.165) is 28.2 Å². The van der Waals surface area contributed by atoms with E-state index in [1.165, 1.54) is 27.6 Å². The highest BCUT2D eigenvalue weighted by Gasteiger charge is 2.26. The first kappa shape index (κ1) is 28.0. The van der Waals surface area contributed by atoms with Crippen LogP contribution in [0.3, 0.4) is 0 Å². The Morgan fingerprint density at radius 3 is 2.15 bits per heavy atom. The van der Waals surface area contributed by atoms with Crippen LogP contribution in [0.15, 0.2) is 94.9 Å². The molecule has 0 aliphatic rings. The van der Waals surface area contributed by atoms with Gasteiger partial charge >= 0.3 is 0 Å². The van der Waals surface area contributed by atoms with Gasteiger partial charge in [-0.25, -0.2) is 13.8 Å². The predicted octanol–water partition coefficient (Wildman–Crippen LogP) is 5.09. The van der Waals surface area contributed by atoms with Gasteiger partial charge in [-0.2, -0.15) is 9.41 Å². The zero-order valence-electron chi connectivity index (χ0n) is 22.8. The second kappa shape index (κ2) is 12.2. The number of benzene rings is 3. The predicted molar refractivity (Wildman–Crippen MR) is 156 cm³/mol. The first-order valence-corrected chi connectivity index (χ1v) is 14.3. The Bertz CT molecular complexity index is 1560. The molecule has 0 radical (unpaired) electrons. The number of carbonyl (C=O) groups excluding carboxylic acids is 1. The zero-order chi connectivity index (χ0) is 28.0. The van der Waals surface area contributed by atoms with E-state index in [4.69, 9.17) is 0 Å². The number of rotatable bonds is 10. The summed E-state index contributed by atoms with van der Waals surface area (Å²) in [5.74, 6) is -0.512. The summed E-state index contributed by atoms with van der Waals surface area (Å²) >= 11 is 0. The van der Waals surface area contributed by atoms with Crippen LogP contribution in [-0.4, -0.2) is 42.5 Å². The largest absolute Gasteiger partial charge is 0.317 e. The van der Waals surface area contributed by atoms with E-state index in [2.05, 4.69) is 41.1 Å². The number of hydrogen-bond donors (Lipinski definition) is 1. The van der Waals surface area contributed by atoms with Gasteiger partial charge in [0.05, 0.1) is 23.3 Å². The fourth-order valence-corrected chi connectivity index (χ4v) is 6.13. The van der Waals surface area contributed by atoms with Gasteiger partial charge in [0.25, 0.3) is 5.91 Å². The first-order valence-electron chi connectivity index (χ1n) is 12.8. The van der Waals surface area contributed by atoms with Gasteiger partial charge in [0.2, 0.25) is 10.0 Å². The van der Waals surface area contributed by atoms with E-state index >= 15 is 0 Å². The molecule has 0 saturated carbocycles. The summed E-state index contributed by atoms with van der Waals surface area (Å²) in [7, 11) is -3.87. The van der Waals surface area contributed by atoms with Crippen molar-refractivity contribution >= 4 is 22.1 Å². The molecule has 8 heteroatoms. The number of sulfonamides is 1. The van der Waals surface area contributed by atoms with Crippen LogP contribution >= 0.6 is 0 Å². The number of hydrogen-bond acceptors (Lipinski definition) is 4. The molecule has 0 aliphatic carbocycles. The Morgan fingerprint density at radius 2 is 1.51 bits per heavy atom. The lowest BCUT2D eigenvalue weighted by molar-refractivity contribution is -0.121. The molecule has 0 aliphatic heterocycles. The number of hydrazone groups is 1. The molecule has 1 heterocycles. The highest BCUT2D eigenvalue weighted by atomic mass is 32.2. The van der Waals surface area contributed by atoms with Crippen molar-refractivity contribution in [1.29, 1.82) is 0 Å². The highest BCUT2D eigenvalue weighted by molar-refractivity contribution is 7.89. The molecular formula is C31H34N4O3S. The van der Waals surface area contributed by atoms with Crippen LogP contribution < -0.4 is 5.43 Å². The standard InChI is InChI=1S/C31H34N4O3S/c1-23-12-11-13-24(2)31(23)35-25(3)20-28(26(35)4)21-32-33-30(36)22-34(19-18-27-14-7-5-8-15-27)39(37,38)29-16-9-6-10-17-29/h5-17,20-21H,18-19,22H2,1-4H3,(H,33,36)/b32-21-. The van der Waals surface area contributed by atoms with Gasteiger partial charge in [-0.1, -0.05) is 66.7 Å². The molecule has 7 nitrogen and oxygen atoms in total.